The Labute approximate surface area is 156 Å². The van der Waals surface area contributed by atoms with Crippen LogP contribution in [0.15, 0.2) is 36.4 Å². The topological polar surface area (TPSA) is 0 Å². The second kappa shape index (κ2) is 5.51. The standard InChI is InChI=1S/C22H26Cl2/c1-20(2,3)14-9-7-11-16(23)18(14)22(6)13-21(4,5)15-10-8-12-17(24)19(15)22/h7-12H,13H2,1-6H3/t22-/m0/s1. The van der Waals surface area contributed by atoms with Crippen LogP contribution in [0.1, 0.15) is 70.2 Å². The van der Waals surface area contributed by atoms with Gasteiger partial charge in [-0.25, -0.2) is 0 Å². The first kappa shape index (κ1) is 17.8. The molecule has 0 unspecified atom stereocenters. The van der Waals surface area contributed by atoms with Gasteiger partial charge in [-0.05, 0) is 51.6 Å². The van der Waals surface area contributed by atoms with Gasteiger partial charge >= 0.3 is 0 Å². The third kappa shape index (κ3) is 2.59. The summed E-state index contributed by atoms with van der Waals surface area (Å²) in [5.74, 6) is 0. The lowest BCUT2D eigenvalue weighted by molar-refractivity contribution is 0.417. The molecular formula is C22H26Cl2. The largest absolute Gasteiger partial charge is 0.0840 e. The van der Waals surface area contributed by atoms with E-state index in [1.165, 1.54) is 22.3 Å². The third-order valence-electron chi connectivity index (χ3n) is 5.46. The Hall–Kier alpha value is -0.980. The van der Waals surface area contributed by atoms with Gasteiger partial charge in [-0.3, -0.25) is 0 Å². The molecule has 0 aliphatic heterocycles. The zero-order chi connectivity index (χ0) is 17.9. The molecule has 24 heavy (non-hydrogen) atoms. The third-order valence-corrected chi connectivity index (χ3v) is 6.09. The second-order valence-electron chi connectivity index (χ2n) is 8.97. The van der Waals surface area contributed by atoms with Gasteiger partial charge in [-0.1, -0.05) is 89.0 Å². The van der Waals surface area contributed by atoms with Crippen LogP contribution in [0.3, 0.4) is 0 Å². The predicted molar refractivity (Wildman–Crippen MR) is 106 cm³/mol. The van der Waals surface area contributed by atoms with Crippen LogP contribution in [0.25, 0.3) is 0 Å². The summed E-state index contributed by atoms with van der Waals surface area (Å²) >= 11 is 13.5. The molecule has 2 aromatic carbocycles. The minimum atomic E-state index is -0.182. The van der Waals surface area contributed by atoms with Crippen molar-refractivity contribution in [3.05, 3.63) is 68.7 Å². The van der Waals surface area contributed by atoms with Crippen LogP contribution in [0, 0.1) is 0 Å². The van der Waals surface area contributed by atoms with Crippen molar-refractivity contribution in [3.63, 3.8) is 0 Å². The SMILES string of the molecule is CC(C)(C)c1cccc(Cl)c1[C@]1(C)CC(C)(C)c2cccc(Cl)c21. The molecule has 0 amide bonds. The van der Waals surface area contributed by atoms with E-state index in [1.807, 2.05) is 12.1 Å². The molecule has 1 aliphatic rings. The van der Waals surface area contributed by atoms with Gasteiger partial charge in [0, 0.05) is 15.5 Å². The van der Waals surface area contributed by atoms with E-state index >= 15 is 0 Å². The van der Waals surface area contributed by atoms with Crippen molar-refractivity contribution in [2.45, 2.75) is 64.2 Å². The minimum Gasteiger partial charge on any atom is -0.0840 e. The fourth-order valence-electron chi connectivity index (χ4n) is 4.64. The maximum absolute atomic E-state index is 6.77. The second-order valence-corrected chi connectivity index (χ2v) is 9.78. The Balaban J connectivity index is 2.38. The Bertz CT molecular complexity index is 796. The Morgan fingerprint density at radius 1 is 0.833 bits per heavy atom. The molecule has 0 aromatic heterocycles. The number of fused-ring (bicyclic) bond motifs is 1. The number of halogens is 2. The zero-order valence-electron chi connectivity index (χ0n) is 15.4. The molecule has 0 heterocycles. The van der Waals surface area contributed by atoms with E-state index in [2.05, 4.69) is 65.8 Å². The highest BCUT2D eigenvalue weighted by Crippen LogP contribution is 2.57. The van der Waals surface area contributed by atoms with E-state index < -0.39 is 0 Å². The number of benzene rings is 2. The number of hydrogen-bond donors (Lipinski definition) is 0. The highest BCUT2D eigenvalue weighted by atomic mass is 35.5. The van der Waals surface area contributed by atoms with Gasteiger partial charge < -0.3 is 0 Å². The molecule has 0 fully saturated rings. The van der Waals surface area contributed by atoms with Crippen LogP contribution in [-0.2, 0) is 16.2 Å². The zero-order valence-corrected chi connectivity index (χ0v) is 16.9. The molecule has 128 valence electrons. The van der Waals surface area contributed by atoms with Crippen molar-refractivity contribution in [2.75, 3.05) is 0 Å². The van der Waals surface area contributed by atoms with Crippen LogP contribution >= 0.6 is 23.2 Å². The van der Waals surface area contributed by atoms with Crippen LogP contribution < -0.4 is 0 Å². The van der Waals surface area contributed by atoms with Crippen molar-refractivity contribution in [3.8, 4) is 0 Å². The lowest BCUT2D eigenvalue weighted by Gasteiger charge is -2.35. The molecule has 0 bridgehead atoms. The van der Waals surface area contributed by atoms with Crippen molar-refractivity contribution in [2.24, 2.45) is 0 Å². The van der Waals surface area contributed by atoms with Crippen LogP contribution in [0.5, 0.6) is 0 Å². The summed E-state index contributed by atoms with van der Waals surface area (Å²) in [5, 5.41) is 1.69. The molecule has 0 N–H and O–H groups in total. The van der Waals surface area contributed by atoms with Crippen LogP contribution in [0.4, 0.5) is 0 Å². The van der Waals surface area contributed by atoms with Gasteiger partial charge in [0.1, 0.15) is 0 Å². The Morgan fingerprint density at radius 2 is 1.38 bits per heavy atom. The lowest BCUT2D eigenvalue weighted by Crippen LogP contribution is -2.29. The van der Waals surface area contributed by atoms with E-state index in [-0.39, 0.29) is 16.2 Å². The summed E-state index contributed by atoms with van der Waals surface area (Å²) in [6.45, 7) is 13.7. The summed E-state index contributed by atoms with van der Waals surface area (Å²) in [6, 6.07) is 12.6. The van der Waals surface area contributed by atoms with E-state index in [4.69, 9.17) is 23.2 Å². The summed E-state index contributed by atoms with van der Waals surface area (Å²) in [6.07, 6.45) is 1.01. The number of rotatable bonds is 1. The van der Waals surface area contributed by atoms with Gasteiger partial charge in [-0.2, -0.15) is 0 Å². The van der Waals surface area contributed by atoms with E-state index in [1.54, 1.807) is 0 Å². The highest BCUT2D eigenvalue weighted by molar-refractivity contribution is 6.32. The van der Waals surface area contributed by atoms with Gasteiger partial charge in [-0.15, -0.1) is 0 Å². The summed E-state index contributed by atoms with van der Waals surface area (Å²) in [7, 11) is 0. The highest BCUT2D eigenvalue weighted by Gasteiger charge is 2.49. The first-order valence-electron chi connectivity index (χ1n) is 8.57. The number of hydrogen-bond acceptors (Lipinski definition) is 0. The monoisotopic (exact) mass is 360 g/mol. The predicted octanol–water partition coefficient (Wildman–Crippen LogP) is 7.28. The van der Waals surface area contributed by atoms with Gasteiger partial charge in [0.2, 0.25) is 0 Å². The molecule has 0 saturated carbocycles. The molecule has 0 saturated heterocycles. The maximum Gasteiger partial charge on any atom is 0.0449 e. The van der Waals surface area contributed by atoms with E-state index in [0.29, 0.717) is 0 Å². The quantitative estimate of drug-likeness (QED) is 0.501. The molecule has 1 atom stereocenters. The maximum atomic E-state index is 6.77. The summed E-state index contributed by atoms with van der Waals surface area (Å²) in [4.78, 5) is 0. The fourth-order valence-corrected chi connectivity index (χ4v) is 5.41. The van der Waals surface area contributed by atoms with Crippen molar-refractivity contribution < 1.29 is 0 Å². The molecule has 0 radical (unpaired) electrons. The van der Waals surface area contributed by atoms with E-state index in [9.17, 15) is 0 Å². The average Bonchev–Trinajstić information content (AvgIpc) is 2.66. The molecule has 2 aromatic rings. The van der Waals surface area contributed by atoms with Crippen molar-refractivity contribution in [1.82, 2.24) is 0 Å². The van der Waals surface area contributed by atoms with Crippen molar-refractivity contribution >= 4 is 23.2 Å². The van der Waals surface area contributed by atoms with Gasteiger partial charge in [0.15, 0.2) is 0 Å². The van der Waals surface area contributed by atoms with Gasteiger partial charge in [0.25, 0.3) is 0 Å². The summed E-state index contributed by atoms with van der Waals surface area (Å²) < 4.78 is 0. The molecular weight excluding hydrogens is 335 g/mol. The smallest absolute Gasteiger partial charge is 0.0449 e. The average molecular weight is 361 g/mol. The van der Waals surface area contributed by atoms with Crippen LogP contribution in [-0.4, -0.2) is 0 Å². The Morgan fingerprint density at radius 3 is 1.96 bits per heavy atom. The molecule has 3 rings (SSSR count). The normalized spacial score (nSPS) is 22.5. The first-order valence-corrected chi connectivity index (χ1v) is 9.33. The molecule has 0 nitrogen and oxygen atoms in total. The lowest BCUT2D eigenvalue weighted by atomic mass is 9.69. The Kier molecular flexibility index (Phi) is 4.09. The summed E-state index contributed by atoms with van der Waals surface area (Å²) in [5.41, 5.74) is 5.05. The van der Waals surface area contributed by atoms with Gasteiger partial charge in [0.05, 0.1) is 0 Å². The molecule has 2 heteroatoms. The van der Waals surface area contributed by atoms with E-state index in [0.717, 1.165) is 16.5 Å². The first-order chi connectivity index (χ1) is 11.0. The minimum absolute atomic E-state index is 0.0252. The van der Waals surface area contributed by atoms with Crippen LogP contribution in [0.2, 0.25) is 10.0 Å². The fraction of sp³-hybridized carbons (Fsp3) is 0.455. The molecule has 0 spiro atoms. The van der Waals surface area contributed by atoms with Crippen molar-refractivity contribution in [1.29, 1.82) is 0 Å². The molecule has 1 aliphatic carbocycles.